The van der Waals surface area contributed by atoms with Crippen LogP contribution in [-0.2, 0) is 14.3 Å². The third kappa shape index (κ3) is 4.09. The van der Waals surface area contributed by atoms with Crippen LogP contribution in [0.1, 0.15) is 12.5 Å². The van der Waals surface area contributed by atoms with Gasteiger partial charge in [0.25, 0.3) is 5.91 Å². The maximum atomic E-state index is 13.5. The number of nitrogens with one attached hydrogen (secondary N) is 1. The van der Waals surface area contributed by atoms with E-state index in [0.29, 0.717) is 12.1 Å². The van der Waals surface area contributed by atoms with Gasteiger partial charge in [-0.15, -0.1) is 0 Å². The highest BCUT2D eigenvalue weighted by molar-refractivity contribution is 5.99. The predicted octanol–water partition coefficient (Wildman–Crippen LogP) is 1.33. The summed E-state index contributed by atoms with van der Waals surface area (Å²) in [5.41, 5.74) is 0.433. The minimum atomic E-state index is -1.10. The molecule has 1 N–H and O–H groups in total. The van der Waals surface area contributed by atoms with Crippen LogP contribution in [0.5, 0.6) is 5.75 Å². The Kier molecular flexibility index (Phi) is 5.51. The van der Waals surface area contributed by atoms with Crippen LogP contribution >= 0.6 is 0 Å². The SMILES string of the molecule is COc1ccc(/C=C/C(=O)O[C@H](C)C(=O)N2CCNC2=O)cc1F. The molecule has 1 aliphatic rings. The number of nitrogens with zero attached hydrogens (tertiary/aromatic N) is 1. The van der Waals surface area contributed by atoms with E-state index >= 15 is 0 Å². The Morgan fingerprint density at radius 3 is 2.75 bits per heavy atom. The summed E-state index contributed by atoms with van der Waals surface area (Å²) in [6, 6.07) is 3.69. The van der Waals surface area contributed by atoms with E-state index in [1.807, 2.05) is 0 Å². The monoisotopic (exact) mass is 336 g/mol. The number of methoxy groups -OCH3 is 1. The first-order valence-corrected chi connectivity index (χ1v) is 7.24. The molecule has 8 heteroatoms. The molecule has 0 bridgehead atoms. The van der Waals surface area contributed by atoms with Gasteiger partial charge in [0.05, 0.1) is 7.11 Å². The normalized spacial score (nSPS) is 15.3. The second kappa shape index (κ2) is 7.58. The number of esters is 1. The van der Waals surface area contributed by atoms with E-state index in [9.17, 15) is 18.8 Å². The number of rotatable bonds is 5. The summed E-state index contributed by atoms with van der Waals surface area (Å²) in [7, 11) is 1.35. The average Bonchev–Trinajstić information content (AvgIpc) is 2.98. The molecule has 1 atom stereocenters. The Morgan fingerprint density at radius 1 is 1.42 bits per heavy atom. The molecule has 1 fully saturated rings. The largest absolute Gasteiger partial charge is 0.494 e. The Hall–Kier alpha value is -2.90. The van der Waals surface area contributed by atoms with Crippen molar-refractivity contribution in [2.24, 2.45) is 0 Å². The first kappa shape index (κ1) is 17.5. The van der Waals surface area contributed by atoms with Crippen molar-refractivity contribution in [3.63, 3.8) is 0 Å². The smallest absolute Gasteiger partial charge is 0.331 e. The van der Waals surface area contributed by atoms with Gasteiger partial charge in [0.2, 0.25) is 0 Å². The Morgan fingerprint density at radius 2 is 2.17 bits per heavy atom. The van der Waals surface area contributed by atoms with Crippen LogP contribution in [0.2, 0.25) is 0 Å². The van der Waals surface area contributed by atoms with Crippen LogP contribution in [0.3, 0.4) is 0 Å². The van der Waals surface area contributed by atoms with E-state index in [-0.39, 0.29) is 12.3 Å². The van der Waals surface area contributed by atoms with Crippen molar-refractivity contribution in [1.82, 2.24) is 10.2 Å². The van der Waals surface area contributed by atoms with Gasteiger partial charge < -0.3 is 14.8 Å². The van der Waals surface area contributed by atoms with Gasteiger partial charge >= 0.3 is 12.0 Å². The second-order valence-electron chi connectivity index (χ2n) is 5.03. The molecular formula is C16H17FN2O5. The zero-order valence-corrected chi connectivity index (χ0v) is 13.2. The van der Waals surface area contributed by atoms with Gasteiger partial charge in [0.15, 0.2) is 17.7 Å². The van der Waals surface area contributed by atoms with E-state index in [1.165, 1.54) is 32.2 Å². The minimum absolute atomic E-state index is 0.0952. The lowest BCUT2D eigenvalue weighted by atomic mass is 10.2. The number of hydrogen-bond donors (Lipinski definition) is 1. The quantitative estimate of drug-likeness (QED) is 0.648. The molecule has 128 valence electrons. The summed E-state index contributed by atoms with van der Waals surface area (Å²) >= 11 is 0. The highest BCUT2D eigenvalue weighted by Gasteiger charge is 2.31. The molecular weight excluding hydrogens is 319 g/mol. The van der Waals surface area contributed by atoms with E-state index < -0.39 is 29.8 Å². The third-order valence-corrected chi connectivity index (χ3v) is 3.35. The average molecular weight is 336 g/mol. The molecule has 1 saturated heterocycles. The fourth-order valence-corrected chi connectivity index (χ4v) is 2.12. The van der Waals surface area contributed by atoms with Crippen molar-refractivity contribution in [2.75, 3.05) is 20.2 Å². The molecule has 1 heterocycles. The number of imide groups is 1. The number of ether oxygens (including phenoxy) is 2. The van der Waals surface area contributed by atoms with Crippen LogP contribution in [0, 0.1) is 5.82 Å². The molecule has 7 nitrogen and oxygen atoms in total. The van der Waals surface area contributed by atoms with Crippen molar-refractivity contribution in [1.29, 1.82) is 0 Å². The summed E-state index contributed by atoms with van der Waals surface area (Å²) in [6.45, 7) is 1.99. The number of amides is 3. The molecule has 0 unspecified atom stereocenters. The highest BCUT2D eigenvalue weighted by atomic mass is 19.1. The second-order valence-corrected chi connectivity index (χ2v) is 5.03. The first-order valence-electron chi connectivity index (χ1n) is 7.24. The number of carbonyl (C=O) groups is 3. The molecule has 1 aliphatic heterocycles. The molecule has 3 amide bonds. The maximum Gasteiger partial charge on any atom is 0.331 e. The third-order valence-electron chi connectivity index (χ3n) is 3.35. The number of urea groups is 1. The summed E-state index contributed by atoms with van der Waals surface area (Å²) < 4.78 is 23.3. The van der Waals surface area contributed by atoms with Crippen LogP contribution in [0.4, 0.5) is 9.18 Å². The standard InChI is InChI=1S/C16H17FN2O5/c1-10(15(21)19-8-7-18-16(19)22)24-14(20)6-4-11-3-5-13(23-2)12(17)9-11/h3-6,9-10H,7-8H2,1-2H3,(H,18,22)/b6-4+/t10-/m1/s1. The molecule has 0 aliphatic carbocycles. The van der Waals surface area contributed by atoms with Crippen LogP contribution in [-0.4, -0.2) is 49.1 Å². The number of hydrogen-bond acceptors (Lipinski definition) is 5. The maximum absolute atomic E-state index is 13.5. The van der Waals surface area contributed by atoms with Gasteiger partial charge in [-0.2, -0.15) is 0 Å². The zero-order chi connectivity index (χ0) is 17.7. The van der Waals surface area contributed by atoms with Crippen molar-refractivity contribution in [2.45, 2.75) is 13.0 Å². The fraction of sp³-hybridized carbons (Fsp3) is 0.312. The van der Waals surface area contributed by atoms with Crippen molar-refractivity contribution < 1.29 is 28.2 Å². The number of benzene rings is 1. The number of halogens is 1. The summed E-state index contributed by atoms with van der Waals surface area (Å²) in [5.74, 6) is -1.83. The zero-order valence-electron chi connectivity index (χ0n) is 13.2. The van der Waals surface area contributed by atoms with E-state index in [4.69, 9.17) is 9.47 Å². The van der Waals surface area contributed by atoms with E-state index in [2.05, 4.69) is 5.32 Å². The minimum Gasteiger partial charge on any atom is -0.494 e. The fourth-order valence-electron chi connectivity index (χ4n) is 2.12. The van der Waals surface area contributed by atoms with Crippen molar-refractivity contribution in [3.05, 3.63) is 35.7 Å². The predicted molar refractivity (Wildman–Crippen MR) is 82.7 cm³/mol. The summed E-state index contributed by atoms with van der Waals surface area (Å²) in [6.07, 6.45) is 1.33. The molecule has 1 aromatic carbocycles. The Labute approximate surface area is 138 Å². The molecule has 0 saturated carbocycles. The van der Waals surface area contributed by atoms with Gasteiger partial charge in [0.1, 0.15) is 0 Å². The Balaban J connectivity index is 1.93. The molecule has 2 rings (SSSR count). The Bertz CT molecular complexity index is 689. The molecule has 24 heavy (non-hydrogen) atoms. The summed E-state index contributed by atoms with van der Waals surface area (Å²) in [4.78, 5) is 36.1. The number of carbonyl (C=O) groups excluding carboxylic acids is 3. The first-order chi connectivity index (χ1) is 11.4. The van der Waals surface area contributed by atoms with Gasteiger partial charge in [0, 0.05) is 19.2 Å². The van der Waals surface area contributed by atoms with Crippen LogP contribution in [0.25, 0.3) is 6.08 Å². The van der Waals surface area contributed by atoms with Gasteiger partial charge in [-0.25, -0.2) is 14.0 Å². The van der Waals surface area contributed by atoms with E-state index in [0.717, 1.165) is 11.0 Å². The molecule has 1 aromatic rings. The lowest BCUT2D eigenvalue weighted by Crippen LogP contribution is -2.41. The van der Waals surface area contributed by atoms with Crippen LogP contribution in [0.15, 0.2) is 24.3 Å². The lowest BCUT2D eigenvalue weighted by molar-refractivity contribution is -0.153. The van der Waals surface area contributed by atoms with Gasteiger partial charge in [-0.1, -0.05) is 6.07 Å². The van der Waals surface area contributed by atoms with E-state index in [1.54, 1.807) is 6.07 Å². The van der Waals surface area contributed by atoms with Crippen molar-refractivity contribution >= 4 is 24.0 Å². The molecule has 0 spiro atoms. The van der Waals surface area contributed by atoms with Gasteiger partial charge in [-0.3, -0.25) is 9.69 Å². The topological polar surface area (TPSA) is 84.9 Å². The lowest BCUT2D eigenvalue weighted by Gasteiger charge is -2.17. The summed E-state index contributed by atoms with van der Waals surface area (Å²) in [5, 5.41) is 2.49. The van der Waals surface area contributed by atoms with Crippen molar-refractivity contribution in [3.8, 4) is 5.75 Å². The molecule has 0 aromatic heterocycles. The van der Waals surface area contributed by atoms with Gasteiger partial charge in [-0.05, 0) is 30.7 Å². The van der Waals surface area contributed by atoms with Crippen LogP contribution < -0.4 is 10.1 Å². The molecule has 0 radical (unpaired) electrons. The highest BCUT2D eigenvalue weighted by Crippen LogP contribution is 2.18.